The zero-order valence-electron chi connectivity index (χ0n) is 9.28. The fourth-order valence-electron chi connectivity index (χ4n) is 1.15. The van der Waals surface area contributed by atoms with E-state index in [0.29, 0.717) is 0 Å². The molecule has 0 atom stereocenters. The highest BCUT2D eigenvalue weighted by molar-refractivity contribution is 6.00. The molecule has 0 aliphatic heterocycles. The molecule has 0 heterocycles. The third-order valence-electron chi connectivity index (χ3n) is 1.90. The van der Waals surface area contributed by atoms with Gasteiger partial charge in [-0.15, -0.1) is 0 Å². The standard InChI is InChI=1S/C11H9F3O4/c1-17-6-8(15)7-4-2-3-5-9(7)18-10(16)11(12,13)14/h2-5H,6H2,1H3. The van der Waals surface area contributed by atoms with Gasteiger partial charge in [-0.05, 0) is 12.1 Å². The Labute approximate surface area is 100 Å². The molecular weight excluding hydrogens is 253 g/mol. The van der Waals surface area contributed by atoms with Gasteiger partial charge in [-0.1, -0.05) is 12.1 Å². The summed E-state index contributed by atoms with van der Waals surface area (Å²) < 4.78 is 44.8. The van der Waals surface area contributed by atoms with Crippen LogP contribution in [0.5, 0.6) is 5.75 Å². The molecule has 0 amide bonds. The Hall–Kier alpha value is -1.89. The molecule has 0 saturated heterocycles. The summed E-state index contributed by atoms with van der Waals surface area (Å²) in [5.41, 5.74) is -0.142. The van der Waals surface area contributed by atoms with Gasteiger partial charge in [-0.3, -0.25) is 4.79 Å². The molecule has 1 aromatic carbocycles. The van der Waals surface area contributed by atoms with E-state index >= 15 is 0 Å². The minimum atomic E-state index is -5.11. The number of hydrogen-bond donors (Lipinski definition) is 0. The van der Waals surface area contributed by atoms with E-state index in [4.69, 9.17) is 0 Å². The fourth-order valence-corrected chi connectivity index (χ4v) is 1.15. The molecule has 98 valence electrons. The van der Waals surface area contributed by atoms with Gasteiger partial charge in [-0.25, -0.2) is 4.79 Å². The fraction of sp³-hybridized carbons (Fsp3) is 0.273. The number of carbonyl (C=O) groups is 2. The van der Waals surface area contributed by atoms with E-state index in [1.54, 1.807) is 0 Å². The number of hydrogen-bond acceptors (Lipinski definition) is 4. The Morgan fingerprint density at radius 3 is 2.39 bits per heavy atom. The minimum Gasteiger partial charge on any atom is -0.419 e. The number of esters is 1. The maximum absolute atomic E-state index is 12.0. The van der Waals surface area contributed by atoms with Crippen LogP contribution >= 0.6 is 0 Å². The maximum Gasteiger partial charge on any atom is 0.491 e. The van der Waals surface area contributed by atoms with E-state index < -0.39 is 23.7 Å². The van der Waals surface area contributed by atoms with Crippen LogP contribution in [-0.2, 0) is 9.53 Å². The monoisotopic (exact) mass is 262 g/mol. The number of ketones is 1. The molecule has 7 heteroatoms. The summed E-state index contributed by atoms with van der Waals surface area (Å²) >= 11 is 0. The SMILES string of the molecule is COCC(=O)c1ccccc1OC(=O)C(F)(F)F. The van der Waals surface area contributed by atoms with Gasteiger partial charge in [0.2, 0.25) is 0 Å². The van der Waals surface area contributed by atoms with Crippen LogP contribution in [-0.4, -0.2) is 31.6 Å². The molecule has 4 nitrogen and oxygen atoms in total. The quantitative estimate of drug-likeness (QED) is 0.473. The molecule has 0 aliphatic carbocycles. The molecule has 0 radical (unpaired) electrons. The van der Waals surface area contributed by atoms with Crippen LogP contribution in [0.3, 0.4) is 0 Å². The molecule has 0 aromatic heterocycles. The van der Waals surface area contributed by atoms with Crippen molar-refractivity contribution in [3.8, 4) is 5.75 Å². The summed E-state index contributed by atoms with van der Waals surface area (Å²) in [6.07, 6.45) is -5.11. The zero-order valence-corrected chi connectivity index (χ0v) is 9.28. The lowest BCUT2D eigenvalue weighted by Gasteiger charge is -2.10. The van der Waals surface area contributed by atoms with Gasteiger partial charge in [0.1, 0.15) is 12.4 Å². The van der Waals surface area contributed by atoms with Crippen molar-refractivity contribution in [2.24, 2.45) is 0 Å². The lowest BCUT2D eigenvalue weighted by molar-refractivity contribution is -0.189. The van der Waals surface area contributed by atoms with Gasteiger partial charge in [-0.2, -0.15) is 13.2 Å². The van der Waals surface area contributed by atoms with Gasteiger partial charge in [0.25, 0.3) is 0 Å². The van der Waals surface area contributed by atoms with Crippen molar-refractivity contribution in [1.82, 2.24) is 0 Å². The third-order valence-corrected chi connectivity index (χ3v) is 1.90. The summed E-state index contributed by atoms with van der Waals surface area (Å²) in [6.45, 7) is -0.319. The summed E-state index contributed by atoms with van der Waals surface area (Å²) in [6, 6.07) is 5.14. The number of para-hydroxylation sites is 1. The van der Waals surface area contributed by atoms with Gasteiger partial charge in [0.05, 0.1) is 5.56 Å². The summed E-state index contributed by atoms with van der Waals surface area (Å²) in [5, 5.41) is 0. The van der Waals surface area contributed by atoms with Crippen LogP contribution in [0.4, 0.5) is 13.2 Å². The van der Waals surface area contributed by atoms with E-state index in [2.05, 4.69) is 9.47 Å². The van der Waals surface area contributed by atoms with Crippen molar-refractivity contribution in [1.29, 1.82) is 0 Å². The molecule has 0 saturated carbocycles. The van der Waals surface area contributed by atoms with Gasteiger partial charge >= 0.3 is 12.1 Å². The van der Waals surface area contributed by atoms with Gasteiger partial charge in [0, 0.05) is 7.11 Å². The lowest BCUT2D eigenvalue weighted by Crippen LogP contribution is -2.28. The Balaban J connectivity index is 2.96. The second-order valence-corrected chi connectivity index (χ2v) is 3.24. The number of alkyl halides is 3. The molecular formula is C11H9F3O4. The van der Waals surface area contributed by atoms with E-state index in [1.165, 1.54) is 25.3 Å². The zero-order chi connectivity index (χ0) is 13.8. The highest BCUT2D eigenvalue weighted by atomic mass is 19.4. The first-order chi connectivity index (χ1) is 8.36. The predicted molar refractivity (Wildman–Crippen MR) is 54.3 cm³/mol. The van der Waals surface area contributed by atoms with Crippen molar-refractivity contribution in [2.75, 3.05) is 13.7 Å². The molecule has 1 rings (SSSR count). The number of carbonyl (C=O) groups excluding carboxylic acids is 2. The van der Waals surface area contributed by atoms with Crippen molar-refractivity contribution in [3.05, 3.63) is 29.8 Å². The number of ether oxygens (including phenoxy) is 2. The van der Waals surface area contributed by atoms with Crippen molar-refractivity contribution in [3.63, 3.8) is 0 Å². The summed E-state index contributed by atoms with van der Waals surface area (Å²) in [5.74, 6) is -3.40. The van der Waals surface area contributed by atoms with Crippen molar-refractivity contribution in [2.45, 2.75) is 6.18 Å². The average Bonchev–Trinajstić information content (AvgIpc) is 2.28. The van der Waals surface area contributed by atoms with E-state index in [-0.39, 0.29) is 12.2 Å². The molecule has 0 spiro atoms. The Morgan fingerprint density at radius 2 is 1.83 bits per heavy atom. The smallest absolute Gasteiger partial charge is 0.419 e. The van der Waals surface area contributed by atoms with Gasteiger partial charge < -0.3 is 9.47 Å². The van der Waals surface area contributed by atoms with Crippen LogP contribution in [0.2, 0.25) is 0 Å². The predicted octanol–water partition coefficient (Wildman–Crippen LogP) is 1.98. The second kappa shape index (κ2) is 5.63. The summed E-state index contributed by atoms with van der Waals surface area (Å²) in [4.78, 5) is 22.2. The lowest BCUT2D eigenvalue weighted by atomic mass is 10.1. The highest BCUT2D eigenvalue weighted by Crippen LogP contribution is 2.23. The number of Topliss-reactive ketones (excluding diaryl/α,β-unsaturated/α-hetero) is 1. The topological polar surface area (TPSA) is 52.6 Å². The van der Waals surface area contributed by atoms with Gasteiger partial charge in [0.15, 0.2) is 5.78 Å². The first-order valence-corrected chi connectivity index (χ1v) is 4.76. The first kappa shape index (κ1) is 14.2. The van der Waals surface area contributed by atoms with Crippen LogP contribution in [0.25, 0.3) is 0 Å². The molecule has 1 aromatic rings. The normalized spacial score (nSPS) is 11.1. The second-order valence-electron chi connectivity index (χ2n) is 3.24. The summed E-state index contributed by atoms with van der Waals surface area (Å²) in [7, 11) is 1.27. The van der Waals surface area contributed by atoms with E-state index in [0.717, 1.165) is 6.07 Å². The number of benzene rings is 1. The van der Waals surface area contributed by atoms with Crippen molar-refractivity contribution < 1.29 is 32.2 Å². The van der Waals surface area contributed by atoms with Crippen LogP contribution in [0.1, 0.15) is 10.4 Å². The van der Waals surface area contributed by atoms with E-state index in [1.807, 2.05) is 0 Å². The average molecular weight is 262 g/mol. The highest BCUT2D eigenvalue weighted by Gasteiger charge is 2.41. The first-order valence-electron chi connectivity index (χ1n) is 4.76. The van der Waals surface area contributed by atoms with Crippen LogP contribution in [0.15, 0.2) is 24.3 Å². The minimum absolute atomic E-state index is 0.142. The molecule has 0 unspecified atom stereocenters. The number of methoxy groups -OCH3 is 1. The number of rotatable bonds is 4. The molecule has 0 aliphatic rings. The Bertz CT molecular complexity index is 454. The Kier molecular flexibility index (Phi) is 4.43. The number of halogens is 3. The van der Waals surface area contributed by atoms with E-state index in [9.17, 15) is 22.8 Å². The third kappa shape index (κ3) is 3.56. The molecule has 0 fully saturated rings. The molecule has 0 bridgehead atoms. The van der Waals surface area contributed by atoms with Crippen LogP contribution < -0.4 is 4.74 Å². The van der Waals surface area contributed by atoms with Crippen LogP contribution in [0, 0.1) is 0 Å². The largest absolute Gasteiger partial charge is 0.491 e. The van der Waals surface area contributed by atoms with Crippen molar-refractivity contribution >= 4 is 11.8 Å². The maximum atomic E-state index is 12.0. The molecule has 0 N–H and O–H groups in total. The Morgan fingerprint density at radius 1 is 1.22 bits per heavy atom. The molecule has 18 heavy (non-hydrogen) atoms.